The van der Waals surface area contributed by atoms with Gasteiger partial charge in [-0.25, -0.2) is 24.7 Å². The third-order valence-corrected chi connectivity index (χ3v) is 4.65. The van der Waals surface area contributed by atoms with Crippen molar-refractivity contribution in [2.75, 3.05) is 19.0 Å². The van der Waals surface area contributed by atoms with Crippen LogP contribution in [-0.2, 0) is 6.18 Å². The third kappa shape index (κ3) is 4.17. The fourth-order valence-corrected chi connectivity index (χ4v) is 2.87. The number of alkyl halides is 3. The average molecular weight is 441 g/mol. The van der Waals surface area contributed by atoms with Crippen molar-refractivity contribution < 1.29 is 18.0 Å². The van der Waals surface area contributed by atoms with E-state index in [0.717, 1.165) is 11.1 Å². The number of urea groups is 1. The lowest BCUT2D eigenvalue weighted by atomic mass is 10.2. The molecule has 2 amide bonds. The topological polar surface area (TPSA) is 92.9 Å². The number of halogens is 4. The Kier molecular flexibility index (Phi) is 5.87. The molecule has 0 aliphatic rings. The number of rotatable bonds is 4. The maximum atomic E-state index is 12.9. The molecule has 9 nitrogen and oxygen atoms in total. The normalized spacial score (nSPS) is 12.5. The van der Waals surface area contributed by atoms with Gasteiger partial charge in [-0.15, -0.1) is 0 Å². The standard InChI is InChI=1S/C17H16ClF3N8O/c1-10(14-25-9-26-29(14)15-22-5-4-6-23-15)27(2)16(30)28(3)12-8-24-13(7-11(12)18)17(19,20)21/h4-10H,1-3H3/t10-/m0/s1. The lowest BCUT2D eigenvalue weighted by Gasteiger charge is -2.29. The van der Waals surface area contributed by atoms with E-state index in [-0.39, 0.29) is 16.7 Å². The van der Waals surface area contributed by atoms with Gasteiger partial charge in [-0.1, -0.05) is 11.6 Å². The van der Waals surface area contributed by atoms with Crippen molar-refractivity contribution in [2.45, 2.75) is 19.1 Å². The number of pyridine rings is 1. The molecule has 0 spiro atoms. The van der Waals surface area contributed by atoms with Crippen LogP contribution in [0.25, 0.3) is 5.95 Å². The summed E-state index contributed by atoms with van der Waals surface area (Å²) in [5.74, 6) is 0.670. The zero-order valence-corrected chi connectivity index (χ0v) is 16.8. The molecule has 0 N–H and O–H groups in total. The second-order valence-electron chi connectivity index (χ2n) is 6.23. The maximum Gasteiger partial charge on any atom is 0.433 e. The second-order valence-corrected chi connectivity index (χ2v) is 6.63. The largest absolute Gasteiger partial charge is 0.433 e. The van der Waals surface area contributed by atoms with Crippen LogP contribution >= 0.6 is 11.6 Å². The molecule has 0 saturated carbocycles. The SMILES string of the molecule is C[C@@H](c1ncnn1-c1ncccn1)N(C)C(=O)N(C)c1cnc(C(F)(F)F)cc1Cl. The van der Waals surface area contributed by atoms with Gasteiger partial charge in [0, 0.05) is 26.5 Å². The van der Waals surface area contributed by atoms with E-state index in [1.165, 1.54) is 30.0 Å². The highest BCUT2D eigenvalue weighted by molar-refractivity contribution is 6.33. The Bertz CT molecular complexity index is 1040. The molecule has 158 valence electrons. The monoisotopic (exact) mass is 440 g/mol. The summed E-state index contributed by atoms with van der Waals surface area (Å²) >= 11 is 5.97. The van der Waals surface area contributed by atoms with Gasteiger partial charge in [0.05, 0.1) is 22.9 Å². The molecule has 3 rings (SSSR count). The van der Waals surface area contributed by atoms with Crippen molar-refractivity contribution in [3.63, 3.8) is 0 Å². The Labute approximate surface area is 174 Å². The van der Waals surface area contributed by atoms with E-state index in [1.54, 1.807) is 25.4 Å². The molecule has 1 atom stereocenters. The first kappa shape index (κ1) is 21.4. The van der Waals surface area contributed by atoms with Crippen molar-refractivity contribution in [1.82, 2.24) is 34.6 Å². The Morgan fingerprint density at radius 1 is 1.17 bits per heavy atom. The van der Waals surface area contributed by atoms with E-state index >= 15 is 0 Å². The molecule has 0 aromatic carbocycles. The fraction of sp³-hybridized carbons (Fsp3) is 0.294. The first-order valence-corrected chi connectivity index (χ1v) is 8.89. The molecule has 0 fully saturated rings. The van der Waals surface area contributed by atoms with Crippen LogP contribution in [0.4, 0.5) is 23.7 Å². The molecule has 3 heterocycles. The molecule has 0 bridgehead atoms. The molecule has 0 aliphatic carbocycles. The number of carbonyl (C=O) groups excluding carboxylic acids is 1. The van der Waals surface area contributed by atoms with Crippen LogP contribution in [0.1, 0.15) is 24.5 Å². The third-order valence-electron chi connectivity index (χ3n) is 4.34. The average Bonchev–Trinajstić information content (AvgIpc) is 3.21. The van der Waals surface area contributed by atoms with E-state index in [4.69, 9.17) is 11.6 Å². The molecule has 30 heavy (non-hydrogen) atoms. The molecule has 0 radical (unpaired) electrons. The predicted molar refractivity (Wildman–Crippen MR) is 101 cm³/mol. The Hall–Kier alpha value is -3.28. The number of hydrogen-bond acceptors (Lipinski definition) is 6. The number of amides is 2. The number of aromatic nitrogens is 6. The van der Waals surface area contributed by atoms with Crippen LogP contribution < -0.4 is 4.90 Å². The van der Waals surface area contributed by atoms with E-state index in [0.29, 0.717) is 11.9 Å². The highest BCUT2D eigenvalue weighted by Gasteiger charge is 2.34. The molecule has 0 aliphatic heterocycles. The highest BCUT2D eigenvalue weighted by Crippen LogP contribution is 2.33. The van der Waals surface area contributed by atoms with Gasteiger partial charge in [0.1, 0.15) is 12.0 Å². The van der Waals surface area contributed by atoms with Gasteiger partial charge in [0.25, 0.3) is 5.95 Å². The summed E-state index contributed by atoms with van der Waals surface area (Å²) in [6, 6.07) is 1.20. The zero-order valence-electron chi connectivity index (χ0n) is 16.0. The Morgan fingerprint density at radius 3 is 2.43 bits per heavy atom. The minimum atomic E-state index is -4.64. The van der Waals surface area contributed by atoms with Crippen LogP contribution in [0.3, 0.4) is 0 Å². The summed E-state index contributed by atoms with van der Waals surface area (Å²) in [6.45, 7) is 1.71. The van der Waals surface area contributed by atoms with Gasteiger partial charge in [0.15, 0.2) is 5.82 Å². The molecule has 0 unspecified atom stereocenters. The zero-order chi connectivity index (χ0) is 22.1. The van der Waals surface area contributed by atoms with Crippen molar-refractivity contribution in [1.29, 1.82) is 0 Å². The van der Waals surface area contributed by atoms with E-state index < -0.39 is 23.9 Å². The number of hydrogen-bond donors (Lipinski definition) is 0. The molecule has 3 aromatic heterocycles. The Morgan fingerprint density at radius 2 is 1.83 bits per heavy atom. The second kappa shape index (κ2) is 8.22. The van der Waals surface area contributed by atoms with Gasteiger partial charge >= 0.3 is 12.2 Å². The summed E-state index contributed by atoms with van der Waals surface area (Å²) in [4.78, 5) is 31.1. The van der Waals surface area contributed by atoms with E-state index in [1.807, 2.05) is 0 Å². The molecular formula is C17H16ClF3N8O. The maximum absolute atomic E-state index is 12.9. The van der Waals surface area contributed by atoms with Crippen LogP contribution in [0, 0.1) is 0 Å². The first-order valence-electron chi connectivity index (χ1n) is 8.51. The van der Waals surface area contributed by atoms with Crippen molar-refractivity contribution in [3.05, 3.63) is 53.6 Å². The van der Waals surface area contributed by atoms with Crippen molar-refractivity contribution >= 4 is 23.3 Å². The summed E-state index contributed by atoms with van der Waals surface area (Å²) in [7, 11) is 2.90. The van der Waals surface area contributed by atoms with Gasteiger partial charge < -0.3 is 4.90 Å². The summed E-state index contributed by atoms with van der Waals surface area (Å²) in [6.07, 6.45) is 0.657. The van der Waals surface area contributed by atoms with Gasteiger partial charge in [0.2, 0.25) is 0 Å². The quantitative estimate of drug-likeness (QED) is 0.617. The summed E-state index contributed by atoms with van der Waals surface area (Å²) < 4.78 is 39.8. The lowest BCUT2D eigenvalue weighted by molar-refractivity contribution is -0.141. The van der Waals surface area contributed by atoms with E-state index in [2.05, 4.69) is 25.0 Å². The van der Waals surface area contributed by atoms with Gasteiger partial charge in [-0.05, 0) is 19.1 Å². The molecule has 0 saturated heterocycles. The van der Waals surface area contributed by atoms with Crippen LogP contribution in [-0.4, -0.2) is 54.7 Å². The van der Waals surface area contributed by atoms with Gasteiger partial charge in [-0.2, -0.15) is 23.0 Å². The summed E-state index contributed by atoms with van der Waals surface area (Å²) in [5.41, 5.74) is -1.11. The first-order chi connectivity index (χ1) is 14.1. The molecular weight excluding hydrogens is 425 g/mol. The minimum Gasteiger partial charge on any atom is -0.317 e. The summed E-state index contributed by atoms with van der Waals surface area (Å²) in [5, 5.41) is 3.84. The van der Waals surface area contributed by atoms with Gasteiger partial charge in [-0.3, -0.25) is 4.90 Å². The van der Waals surface area contributed by atoms with Crippen LogP contribution in [0.15, 0.2) is 37.1 Å². The number of anilines is 1. The van der Waals surface area contributed by atoms with Crippen LogP contribution in [0.2, 0.25) is 5.02 Å². The van der Waals surface area contributed by atoms with E-state index in [9.17, 15) is 18.0 Å². The number of nitrogens with zero attached hydrogens (tertiary/aromatic N) is 8. The number of carbonyl (C=O) groups is 1. The Balaban J connectivity index is 1.83. The van der Waals surface area contributed by atoms with Crippen molar-refractivity contribution in [3.8, 4) is 5.95 Å². The smallest absolute Gasteiger partial charge is 0.317 e. The fourth-order valence-electron chi connectivity index (χ4n) is 2.59. The minimum absolute atomic E-state index is 0.0292. The van der Waals surface area contributed by atoms with Crippen molar-refractivity contribution in [2.24, 2.45) is 0 Å². The predicted octanol–water partition coefficient (Wildman–Crippen LogP) is 3.37. The highest BCUT2D eigenvalue weighted by atomic mass is 35.5. The molecule has 3 aromatic rings. The molecule has 13 heteroatoms. The lowest BCUT2D eigenvalue weighted by Crippen LogP contribution is -2.41. The van der Waals surface area contributed by atoms with Crippen LogP contribution in [0.5, 0.6) is 0 Å².